The minimum Gasteiger partial charge on any atom is -0.394 e. The molecule has 0 aromatic heterocycles. The summed E-state index contributed by atoms with van der Waals surface area (Å²) in [6.07, 6.45) is 2.29. The maximum Gasteiger partial charge on any atom is 0.224 e. The van der Waals surface area contributed by atoms with E-state index in [1.54, 1.807) is 12.4 Å². The molecule has 0 aromatic carbocycles. The first-order valence-corrected chi connectivity index (χ1v) is 9.54. The Hall–Kier alpha value is -0.970. The normalized spacial score (nSPS) is 31.1. The smallest absolute Gasteiger partial charge is 0.224 e. The van der Waals surface area contributed by atoms with Gasteiger partial charge in [-0.2, -0.15) is 12.6 Å². The van der Waals surface area contributed by atoms with E-state index in [2.05, 4.69) is 22.9 Å². The van der Waals surface area contributed by atoms with Gasteiger partial charge in [0.2, 0.25) is 5.91 Å². The van der Waals surface area contributed by atoms with Gasteiger partial charge in [-0.3, -0.25) is 9.79 Å². The molecule has 2 unspecified atom stereocenters. The zero-order valence-electron chi connectivity index (χ0n) is 14.7. The van der Waals surface area contributed by atoms with Crippen LogP contribution in [0.3, 0.4) is 0 Å². The zero-order chi connectivity index (χ0) is 18.9. The van der Waals surface area contributed by atoms with Crippen molar-refractivity contribution in [3.05, 3.63) is 11.8 Å². The van der Waals surface area contributed by atoms with Crippen LogP contribution in [0.5, 0.6) is 0 Å². The number of aliphatic imine (C=N–C) groups is 1. The summed E-state index contributed by atoms with van der Waals surface area (Å²) >= 11 is 4.15. The van der Waals surface area contributed by atoms with Crippen LogP contribution < -0.4 is 5.32 Å². The number of carbonyl (C=O) groups is 1. The molecule has 9 heteroatoms. The van der Waals surface area contributed by atoms with Crippen LogP contribution in [0, 0.1) is 0 Å². The molecule has 0 radical (unpaired) electrons. The Labute approximate surface area is 158 Å². The first-order chi connectivity index (χ1) is 12.6. The summed E-state index contributed by atoms with van der Waals surface area (Å²) in [5.41, 5.74) is 0.867. The van der Waals surface area contributed by atoms with Gasteiger partial charge in [-0.25, -0.2) is 0 Å². The van der Waals surface area contributed by atoms with Gasteiger partial charge in [-0.15, -0.1) is 0 Å². The SMILES string of the molecule is O=C(CC1=CN=CC1)NC1[C@H](OCCCCCS)OC(CO)[C@@H](O)[C@@H]1O. The maximum absolute atomic E-state index is 12.3. The van der Waals surface area contributed by atoms with Crippen LogP contribution in [0.15, 0.2) is 16.8 Å². The van der Waals surface area contributed by atoms with Crippen LogP contribution >= 0.6 is 12.6 Å². The van der Waals surface area contributed by atoms with Gasteiger partial charge in [-0.05, 0) is 24.2 Å². The molecule has 2 heterocycles. The van der Waals surface area contributed by atoms with E-state index in [4.69, 9.17) is 9.47 Å². The molecular formula is C17H28N2O6S. The Balaban J connectivity index is 1.93. The number of rotatable bonds is 10. The maximum atomic E-state index is 12.3. The molecule has 2 aliphatic rings. The molecule has 26 heavy (non-hydrogen) atoms. The van der Waals surface area contributed by atoms with Crippen LogP contribution in [-0.4, -0.2) is 77.1 Å². The van der Waals surface area contributed by atoms with Crippen molar-refractivity contribution in [3.63, 3.8) is 0 Å². The third-order valence-corrected chi connectivity index (χ3v) is 4.71. The van der Waals surface area contributed by atoms with Crippen molar-refractivity contribution >= 4 is 24.8 Å². The Bertz CT molecular complexity index is 515. The monoisotopic (exact) mass is 388 g/mol. The van der Waals surface area contributed by atoms with E-state index >= 15 is 0 Å². The molecule has 148 valence electrons. The molecule has 1 saturated heterocycles. The molecule has 4 N–H and O–H groups in total. The number of nitrogens with zero attached hydrogens (tertiary/aromatic N) is 1. The second kappa shape index (κ2) is 11.0. The highest BCUT2D eigenvalue weighted by atomic mass is 32.1. The van der Waals surface area contributed by atoms with E-state index in [0.717, 1.165) is 30.6 Å². The van der Waals surface area contributed by atoms with Gasteiger partial charge in [0.1, 0.15) is 24.4 Å². The average molecular weight is 388 g/mol. The van der Waals surface area contributed by atoms with Gasteiger partial charge in [0.25, 0.3) is 0 Å². The lowest BCUT2D eigenvalue weighted by Gasteiger charge is -2.42. The van der Waals surface area contributed by atoms with E-state index in [9.17, 15) is 20.1 Å². The van der Waals surface area contributed by atoms with Gasteiger partial charge in [0.05, 0.1) is 6.61 Å². The minimum atomic E-state index is -1.32. The summed E-state index contributed by atoms with van der Waals surface area (Å²) in [5.74, 6) is 0.489. The number of thiol groups is 1. The standard InChI is InChI=1S/C17H28N2O6S/c20-10-12-15(22)16(23)14(17(25-12)24-6-2-1-3-7-26)19-13(21)8-11-4-5-18-9-11/h5,9,12,14-17,20,22-23,26H,1-4,6-8,10H2,(H,19,21)/t12?,14?,15-,16-,17-/m1/s1. The number of amides is 1. The Kier molecular flexibility index (Phi) is 9.03. The average Bonchev–Trinajstić information content (AvgIpc) is 3.13. The number of nitrogens with one attached hydrogen (secondary N) is 1. The van der Waals surface area contributed by atoms with Gasteiger partial charge in [0.15, 0.2) is 6.29 Å². The molecule has 5 atom stereocenters. The molecule has 0 spiro atoms. The van der Waals surface area contributed by atoms with Crippen molar-refractivity contribution < 1.29 is 29.6 Å². The van der Waals surface area contributed by atoms with E-state index in [1.165, 1.54) is 0 Å². The number of carbonyl (C=O) groups excluding carboxylic acids is 1. The molecule has 0 saturated carbocycles. The third-order valence-electron chi connectivity index (χ3n) is 4.40. The fourth-order valence-corrected chi connectivity index (χ4v) is 3.13. The molecule has 0 aromatic rings. The highest BCUT2D eigenvalue weighted by Gasteiger charge is 2.45. The van der Waals surface area contributed by atoms with Gasteiger partial charge in [0, 0.05) is 31.9 Å². The Morgan fingerprint density at radius 3 is 2.81 bits per heavy atom. The lowest BCUT2D eigenvalue weighted by atomic mass is 9.96. The molecule has 0 bridgehead atoms. The summed E-state index contributed by atoms with van der Waals surface area (Å²) in [5, 5.41) is 32.5. The molecule has 2 aliphatic heterocycles. The van der Waals surface area contributed by atoms with Gasteiger partial charge in [-0.1, -0.05) is 6.42 Å². The van der Waals surface area contributed by atoms with Crippen LogP contribution in [0.25, 0.3) is 0 Å². The number of hydrogen-bond acceptors (Lipinski definition) is 8. The highest BCUT2D eigenvalue weighted by molar-refractivity contribution is 7.80. The van der Waals surface area contributed by atoms with Crippen molar-refractivity contribution in [2.24, 2.45) is 4.99 Å². The molecule has 1 amide bonds. The summed E-state index contributed by atoms with van der Waals surface area (Å²) in [6.45, 7) is -0.0760. The van der Waals surface area contributed by atoms with Crippen LogP contribution in [-0.2, 0) is 14.3 Å². The molecule has 2 rings (SSSR count). The number of aliphatic hydroxyl groups is 3. The van der Waals surface area contributed by atoms with E-state index in [0.29, 0.717) is 13.0 Å². The number of unbranched alkanes of at least 4 members (excludes halogenated alkanes) is 2. The number of ether oxygens (including phenoxy) is 2. The van der Waals surface area contributed by atoms with E-state index in [1.807, 2.05) is 0 Å². The lowest BCUT2D eigenvalue weighted by Crippen LogP contribution is -2.64. The molecular weight excluding hydrogens is 360 g/mol. The van der Waals surface area contributed by atoms with Crippen LogP contribution in [0.4, 0.5) is 0 Å². The van der Waals surface area contributed by atoms with Crippen molar-refractivity contribution in [2.75, 3.05) is 19.0 Å². The van der Waals surface area contributed by atoms with Crippen molar-refractivity contribution in [1.82, 2.24) is 5.32 Å². The number of hydrogen-bond donors (Lipinski definition) is 5. The highest BCUT2D eigenvalue weighted by Crippen LogP contribution is 2.23. The zero-order valence-corrected chi connectivity index (χ0v) is 15.6. The Morgan fingerprint density at radius 1 is 1.35 bits per heavy atom. The Morgan fingerprint density at radius 2 is 2.15 bits per heavy atom. The molecule has 1 fully saturated rings. The first kappa shape index (κ1) is 21.3. The summed E-state index contributed by atoms with van der Waals surface area (Å²) in [7, 11) is 0. The van der Waals surface area contributed by atoms with Gasteiger partial charge < -0.3 is 30.1 Å². The predicted octanol–water partition coefficient (Wildman–Crippen LogP) is -0.225. The van der Waals surface area contributed by atoms with Crippen molar-refractivity contribution in [1.29, 1.82) is 0 Å². The fraction of sp³-hybridized carbons (Fsp3) is 0.765. The van der Waals surface area contributed by atoms with Crippen LogP contribution in [0.1, 0.15) is 32.1 Å². The second-order valence-electron chi connectivity index (χ2n) is 6.45. The summed E-state index contributed by atoms with van der Waals surface area (Å²) < 4.78 is 11.2. The second-order valence-corrected chi connectivity index (χ2v) is 6.90. The fourth-order valence-electron chi connectivity index (χ4n) is 2.91. The van der Waals surface area contributed by atoms with Gasteiger partial charge >= 0.3 is 0 Å². The largest absolute Gasteiger partial charge is 0.394 e. The lowest BCUT2D eigenvalue weighted by molar-refractivity contribution is -0.270. The number of aliphatic hydroxyl groups excluding tert-OH is 3. The minimum absolute atomic E-state index is 0.150. The van der Waals surface area contributed by atoms with Crippen LogP contribution in [0.2, 0.25) is 0 Å². The molecule has 0 aliphatic carbocycles. The molecule has 8 nitrogen and oxygen atoms in total. The topological polar surface area (TPSA) is 121 Å². The van der Waals surface area contributed by atoms with Crippen molar-refractivity contribution in [2.45, 2.75) is 62.7 Å². The quantitative estimate of drug-likeness (QED) is 0.261. The summed E-state index contributed by atoms with van der Waals surface area (Å²) in [4.78, 5) is 16.2. The third kappa shape index (κ3) is 6.04. The summed E-state index contributed by atoms with van der Waals surface area (Å²) in [6, 6.07) is -0.923. The first-order valence-electron chi connectivity index (χ1n) is 8.90. The van der Waals surface area contributed by atoms with E-state index in [-0.39, 0.29) is 12.3 Å². The van der Waals surface area contributed by atoms with Crippen molar-refractivity contribution in [3.8, 4) is 0 Å². The van der Waals surface area contributed by atoms with E-state index < -0.39 is 37.3 Å². The predicted molar refractivity (Wildman–Crippen MR) is 99.2 cm³/mol.